The number of phenolic OH excluding ortho intramolecular Hbond substituents is 1. The van der Waals surface area contributed by atoms with Crippen molar-refractivity contribution in [1.82, 2.24) is 5.32 Å². The highest BCUT2D eigenvalue weighted by molar-refractivity contribution is 6.32. The van der Waals surface area contributed by atoms with Crippen LogP contribution in [0.5, 0.6) is 11.5 Å². The summed E-state index contributed by atoms with van der Waals surface area (Å²) in [6, 6.07) is 1.83. The fourth-order valence-electron chi connectivity index (χ4n) is 1.61. The van der Waals surface area contributed by atoms with Crippen molar-refractivity contribution in [1.29, 1.82) is 0 Å². The van der Waals surface area contributed by atoms with E-state index < -0.39 is 5.82 Å². The smallest absolute Gasteiger partial charge is 0.292 e. The van der Waals surface area contributed by atoms with E-state index in [0.717, 1.165) is 12.8 Å². The van der Waals surface area contributed by atoms with Crippen molar-refractivity contribution < 1.29 is 23.8 Å². The fourth-order valence-corrected chi connectivity index (χ4v) is 1.78. The van der Waals surface area contributed by atoms with Crippen LogP contribution in [0.2, 0.25) is 5.02 Å². The van der Waals surface area contributed by atoms with Crippen molar-refractivity contribution in [3.05, 3.63) is 22.5 Å². The largest absolute Gasteiger partial charge is 0.506 e. The summed E-state index contributed by atoms with van der Waals surface area (Å²) in [7, 11) is 1.31. The van der Waals surface area contributed by atoms with Crippen LogP contribution in [0, 0.1) is 5.82 Å². The minimum Gasteiger partial charge on any atom is -0.506 e. The molecule has 0 saturated heterocycles. The summed E-state index contributed by atoms with van der Waals surface area (Å²) in [6.07, 6.45) is 2.24. The van der Waals surface area contributed by atoms with Gasteiger partial charge in [-0.1, -0.05) is 11.6 Å². The number of phenols is 1. The highest BCUT2D eigenvalue weighted by Crippen LogP contribution is 2.35. The lowest BCUT2D eigenvalue weighted by molar-refractivity contribution is -0.126. The Labute approximate surface area is 128 Å². The van der Waals surface area contributed by atoms with Gasteiger partial charge in [-0.15, -0.1) is 0 Å². The number of methoxy groups -OCH3 is 1. The average molecular weight is 320 g/mol. The number of benzene rings is 1. The molecule has 1 aromatic carbocycles. The predicted molar refractivity (Wildman–Crippen MR) is 77.2 cm³/mol. The number of hydrogen-bond acceptors (Lipinski definition) is 5. The number of ether oxygens (including phenoxy) is 2. The fraction of sp³-hybridized carbons (Fsp3) is 0.500. The quantitative estimate of drug-likeness (QED) is 0.789. The first kappa shape index (κ1) is 17.5. The lowest BCUT2D eigenvalue weighted by atomic mass is 10.1. The molecule has 21 heavy (non-hydrogen) atoms. The molecule has 1 aliphatic rings. The Hall–Kier alpha value is -1.53. The second-order valence-corrected chi connectivity index (χ2v) is 4.80. The summed E-state index contributed by atoms with van der Waals surface area (Å²) in [6.45, 7) is 2.96. The van der Waals surface area contributed by atoms with Crippen LogP contribution in [0.3, 0.4) is 0 Å². The van der Waals surface area contributed by atoms with Crippen LogP contribution in [0.4, 0.5) is 4.39 Å². The molecule has 1 aliphatic carbocycles. The van der Waals surface area contributed by atoms with Crippen LogP contribution >= 0.6 is 11.6 Å². The summed E-state index contributed by atoms with van der Waals surface area (Å²) in [5.74, 6) is -0.550. The van der Waals surface area contributed by atoms with E-state index >= 15 is 0 Å². The van der Waals surface area contributed by atoms with E-state index in [1.807, 2.05) is 6.92 Å². The molecule has 0 aliphatic heterocycles. The molecular formula is C14H19ClFNO4. The van der Waals surface area contributed by atoms with Gasteiger partial charge in [0.05, 0.1) is 13.7 Å². The van der Waals surface area contributed by atoms with Crippen molar-refractivity contribution in [2.75, 3.05) is 13.7 Å². The van der Waals surface area contributed by atoms with Gasteiger partial charge in [-0.25, -0.2) is 4.39 Å². The first-order valence-corrected chi connectivity index (χ1v) is 6.95. The Balaban J connectivity index is 0.000000491. The maximum absolute atomic E-state index is 13.9. The molecule has 0 bridgehead atoms. The third-order valence-corrected chi connectivity index (χ3v) is 3.15. The first-order chi connectivity index (χ1) is 10.0. The average Bonchev–Trinajstić information content (AvgIpc) is 3.29. The van der Waals surface area contributed by atoms with E-state index in [-0.39, 0.29) is 10.8 Å². The molecule has 0 heterocycles. The summed E-state index contributed by atoms with van der Waals surface area (Å²) < 4.78 is 23.1. The lowest BCUT2D eigenvalue weighted by Crippen LogP contribution is -2.17. The van der Waals surface area contributed by atoms with Crippen LogP contribution < -0.4 is 10.1 Å². The van der Waals surface area contributed by atoms with Gasteiger partial charge >= 0.3 is 0 Å². The van der Waals surface area contributed by atoms with Crippen molar-refractivity contribution in [2.45, 2.75) is 32.4 Å². The number of hydrogen-bond donors (Lipinski definition) is 2. The van der Waals surface area contributed by atoms with Crippen molar-refractivity contribution in [2.24, 2.45) is 0 Å². The molecule has 2 N–H and O–H groups in total. The third kappa shape index (κ3) is 5.40. The topological polar surface area (TPSA) is 67.8 Å². The molecule has 1 aromatic rings. The molecule has 0 atom stereocenters. The summed E-state index contributed by atoms with van der Waals surface area (Å²) in [4.78, 5) is 8.95. The number of halogens is 2. The molecule has 1 fully saturated rings. The van der Waals surface area contributed by atoms with Gasteiger partial charge < -0.3 is 19.9 Å². The van der Waals surface area contributed by atoms with E-state index in [1.54, 1.807) is 0 Å². The van der Waals surface area contributed by atoms with E-state index in [4.69, 9.17) is 21.1 Å². The van der Waals surface area contributed by atoms with Gasteiger partial charge in [-0.3, -0.25) is 4.79 Å². The Kier molecular flexibility index (Phi) is 7.25. The standard InChI is InChI=1S/C12H15ClFNO2.C2H4O2/c1-2-17-10-5-9(16)11(13)12(14)8(10)6-15-7-3-4-7;1-4-2-3/h5,7,15-16H,2-4,6H2,1H3;2H,1H3. The van der Waals surface area contributed by atoms with Gasteiger partial charge in [-0.05, 0) is 19.8 Å². The van der Waals surface area contributed by atoms with Crippen LogP contribution in [0.15, 0.2) is 6.07 Å². The van der Waals surface area contributed by atoms with Crippen LogP contribution in [-0.4, -0.2) is 31.3 Å². The number of carbonyl (C=O) groups is 1. The Morgan fingerprint density at radius 3 is 2.67 bits per heavy atom. The second-order valence-electron chi connectivity index (χ2n) is 4.42. The molecule has 5 nitrogen and oxygen atoms in total. The third-order valence-electron chi connectivity index (χ3n) is 2.79. The van der Waals surface area contributed by atoms with Gasteiger partial charge in [0.25, 0.3) is 6.47 Å². The van der Waals surface area contributed by atoms with E-state index in [0.29, 0.717) is 37.0 Å². The van der Waals surface area contributed by atoms with E-state index in [2.05, 4.69) is 10.1 Å². The molecule has 0 unspecified atom stereocenters. The zero-order valence-electron chi connectivity index (χ0n) is 12.0. The van der Waals surface area contributed by atoms with E-state index in [1.165, 1.54) is 13.2 Å². The van der Waals surface area contributed by atoms with Crippen LogP contribution in [-0.2, 0) is 16.1 Å². The highest BCUT2D eigenvalue weighted by Gasteiger charge is 2.23. The van der Waals surface area contributed by atoms with Crippen molar-refractivity contribution >= 4 is 18.1 Å². The summed E-state index contributed by atoms with van der Waals surface area (Å²) >= 11 is 5.68. The van der Waals surface area contributed by atoms with Crippen molar-refractivity contribution in [3.63, 3.8) is 0 Å². The van der Waals surface area contributed by atoms with Gasteiger partial charge in [-0.2, -0.15) is 0 Å². The van der Waals surface area contributed by atoms with Gasteiger partial charge in [0.15, 0.2) is 5.82 Å². The van der Waals surface area contributed by atoms with Gasteiger partial charge in [0.1, 0.15) is 16.5 Å². The minimum atomic E-state index is -0.608. The van der Waals surface area contributed by atoms with Crippen LogP contribution in [0.1, 0.15) is 25.3 Å². The highest BCUT2D eigenvalue weighted by atomic mass is 35.5. The minimum absolute atomic E-state index is 0.249. The molecule has 0 spiro atoms. The van der Waals surface area contributed by atoms with E-state index in [9.17, 15) is 9.50 Å². The van der Waals surface area contributed by atoms with Crippen LogP contribution in [0.25, 0.3) is 0 Å². The Morgan fingerprint density at radius 1 is 1.57 bits per heavy atom. The van der Waals surface area contributed by atoms with Crippen molar-refractivity contribution in [3.8, 4) is 11.5 Å². The normalized spacial score (nSPS) is 13.1. The molecule has 0 radical (unpaired) electrons. The molecule has 2 rings (SSSR count). The lowest BCUT2D eigenvalue weighted by Gasteiger charge is -2.13. The maximum atomic E-state index is 13.9. The number of rotatable bonds is 6. The number of aromatic hydroxyl groups is 1. The number of carbonyl (C=O) groups excluding carboxylic acids is 1. The number of nitrogens with one attached hydrogen (secondary N) is 1. The monoisotopic (exact) mass is 319 g/mol. The Bertz CT molecular complexity index is 481. The first-order valence-electron chi connectivity index (χ1n) is 6.57. The van der Waals surface area contributed by atoms with Gasteiger partial charge in [0, 0.05) is 24.2 Å². The molecule has 7 heteroatoms. The molecule has 0 amide bonds. The zero-order chi connectivity index (χ0) is 15.8. The Morgan fingerprint density at radius 2 is 2.19 bits per heavy atom. The predicted octanol–water partition coefficient (Wildman–Crippen LogP) is 2.62. The molecule has 1 saturated carbocycles. The summed E-state index contributed by atoms with van der Waals surface area (Å²) in [5.41, 5.74) is 0.376. The molecule has 0 aromatic heterocycles. The zero-order valence-corrected chi connectivity index (χ0v) is 12.7. The summed E-state index contributed by atoms with van der Waals surface area (Å²) in [5, 5.41) is 12.4. The second kappa shape index (κ2) is 8.69. The maximum Gasteiger partial charge on any atom is 0.292 e. The molecular weight excluding hydrogens is 301 g/mol. The van der Waals surface area contributed by atoms with Gasteiger partial charge in [0.2, 0.25) is 0 Å². The SMILES string of the molecule is CCOc1cc(O)c(Cl)c(F)c1CNC1CC1.COC=O. The molecule has 118 valence electrons.